The van der Waals surface area contributed by atoms with E-state index in [0.717, 1.165) is 56.6 Å². The van der Waals surface area contributed by atoms with Crippen molar-refractivity contribution >= 4 is 11.8 Å². The molecule has 0 atom stereocenters. The Labute approximate surface area is 157 Å². The minimum absolute atomic E-state index is 0.0282. The largest absolute Gasteiger partial charge is 0.360 e. The van der Waals surface area contributed by atoms with E-state index < -0.39 is 0 Å². The third-order valence-electron chi connectivity index (χ3n) is 5.73. The van der Waals surface area contributed by atoms with Gasteiger partial charge in [0.15, 0.2) is 5.69 Å². The lowest BCUT2D eigenvalue weighted by atomic mass is 10.2. The maximum Gasteiger partial charge on any atom is 0.276 e. The zero-order valence-electron chi connectivity index (χ0n) is 15.3. The number of likely N-dealkylation sites (tertiary alicyclic amines) is 1. The fourth-order valence-corrected chi connectivity index (χ4v) is 4.00. The summed E-state index contributed by atoms with van der Waals surface area (Å²) in [5.74, 6) is 1.12. The van der Waals surface area contributed by atoms with Gasteiger partial charge in [-0.3, -0.25) is 14.3 Å². The fraction of sp³-hybridized carbons (Fsp3) is 0.579. The zero-order valence-corrected chi connectivity index (χ0v) is 15.3. The van der Waals surface area contributed by atoms with Crippen molar-refractivity contribution in [3.63, 3.8) is 0 Å². The van der Waals surface area contributed by atoms with Crippen LogP contribution >= 0.6 is 0 Å². The highest BCUT2D eigenvalue weighted by molar-refractivity contribution is 5.96. The molecular weight excluding hydrogens is 346 g/mol. The first kappa shape index (κ1) is 16.5. The van der Waals surface area contributed by atoms with Gasteiger partial charge in [-0.15, -0.1) is 0 Å². The molecule has 1 aliphatic carbocycles. The van der Waals surface area contributed by atoms with E-state index in [-0.39, 0.29) is 11.8 Å². The Kier molecular flexibility index (Phi) is 3.98. The molecule has 2 aromatic rings. The van der Waals surface area contributed by atoms with Crippen molar-refractivity contribution in [2.45, 2.75) is 51.1 Å². The van der Waals surface area contributed by atoms with E-state index in [9.17, 15) is 9.59 Å². The van der Waals surface area contributed by atoms with Crippen LogP contribution in [0.1, 0.15) is 70.3 Å². The topological polar surface area (TPSA) is 84.5 Å². The Morgan fingerprint density at radius 3 is 2.56 bits per heavy atom. The van der Waals surface area contributed by atoms with Crippen LogP contribution in [-0.4, -0.2) is 56.2 Å². The quantitative estimate of drug-likeness (QED) is 0.826. The molecule has 1 saturated heterocycles. The predicted molar refractivity (Wildman–Crippen MR) is 95.2 cm³/mol. The molecule has 27 heavy (non-hydrogen) atoms. The Bertz CT molecular complexity index is 876. The second-order valence-electron chi connectivity index (χ2n) is 7.70. The van der Waals surface area contributed by atoms with Crippen LogP contribution in [0.25, 0.3) is 0 Å². The number of nitrogens with zero attached hydrogens (tertiary/aromatic N) is 5. The van der Waals surface area contributed by atoms with Crippen molar-refractivity contribution in [1.29, 1.82) is 0 Å². The molecule has 2 aliphatic heterocycles. The molecule has 0 radical (unpaired) electrons. The third kappa shape index (κ3) is 3.02. The summed E-state index contributed by atoms with van der Waals surface area (Å²) in [4.78, 5) is 29.5. The summed E-state index contributed by atoms with van der Waals surface area (Å²) < 4.78 is 7.21. The first-order valence-corrected chi connectivity index (χ1v) is 9.80. The zero-order chi connectivity index (χ0) is 18.4. The second kappa shape index (κ2) is 6.51. The molecular formula is C19H23N5O3. The summed E-state index contributed by atoms with van der Waals surface area (Å²) in [6.45, 7) is 3.30. The van der Waals surface area contributed by atoms with E-state index >= 15 is 0 Å². The average Bonchev–Trinajstić information content (AvgIpc) is 3.09. The highest BCUT2D eigenvalue weighted by Crippen LogP contribution is 2.40. The first-order valence-electron chi connectivity index (χ1n) is 9.80. The lowest BCUT2D eigenvalue weighted by molar-refractivity contribution is 0.0726. The normalized spacial score (nSPS) is 19.9. The number of aryl methyl sites for hydroxylation is 1. The van der Waals surface area contributed by atoms with Crippen molar-refractivity contribution in [2.75, 3.05) is 19.6 Å². The van der Waals surface area contributed by atoms with Gasteiger partial charge in [0, 0.05) is 38.2 Å². The van der Waals surface area contributed by atoms with Gasteiger partial charge in [0.25, 0.3) is 11.8 Å². The van der Waals surface area contributed by atoms with E-state index in [4.69, 9.17) is 4.52 Å². The molecule has 0 aromatic carbocycles. The number of rotatable bonds is 3. The Balaban J connectivity index is 1.38. The van der Waals surface area contributed by atoms with Crippen LogP contribution in [0.3, 0.4) is 0 Å². The summed E-state index contributed by atoms with van der Waals surface area (Å²) in [7, 11) is 0. The van der Waals surface area contributed by atoms with Crippen LogP contribution in [-0.2, 0) is 13.1 Å². The molecule has 5 rings (SSSR count). The standard InChI is InChI=1S/C19H23N5O3/c25-18(22-6-1-2-7-22)14-11-20-24-9-3-8-23(12-16(14)24)19(26)15-10-17(27-21-15)13-4-5-13/h10-11,13H,1-9,12H2. The van der Waals surface area contributed by atoms with Crippen molar-refractivity contribution < 1.29 is 14.1 Å². The Morgan fingerprint density at radius 2 is 1.78 bits per heavy atom. The highest BCUT2D eigenvalue weighted by atomic mass is 16.5. The van der Waals surface area contributed by atoms with Gasteiger partial charge in [0.2, 0.25) is 0 Å². The molecule has 142 valence electrons. The van der Waals surface area contributed by atoms with Gasteiger partial charge >= 0.3 is 0 Å². The number of hydrogen-bond donors (Lipinski definition) is 0. The van der Waals surface area contributed by atoms with Crippen LogP contribution in [0, 0.1) is 0 Å². The Hall–Kier alpha value is -2.64. The van der Waals surface area contributed by atoms with E-state index in [2.05, 4.69) is 10.3 Å². The maximum atomic E-state index is 13.0. The molecule has 0 spiro atoms. The summed E-state index contributed by atoms with van der Waals surface area (Å²) in [6.07, 6.45) is 6.77. The monoisotopic (exact) mass is 369 g/mol. The summed E-state index contributed by atoms with van der Waals surface area (Å²) in [5, 5.41) is 8.39. The summed E-state index contributed by atoms with van der Waals surface area (Å²) in [5.41, 5.74) is 1.80. The number of carbonyl (C=O) groups is 2. The van der Waals surface area contributed by atoms with Gasteiger partial charge in [-0.1, -0.05) is 5.16 Å². The molecule has 0 N–H and O–H groups in total. The lowest BCUT2D eigenvalue weighted by Gasteiger charge is -2.20. The maximum absolute atomic E-state index is 13.0. The fourth-order valence-electron chi connectivity index (χ4n) is 4.00. The molecule has 2 amide bonds. The van der Waals surface area contributed by atoms with Crippen LogP contribution in [0.2, 0.25) is 0 Å². The third-order valence-corrected chi connectivity index (χ3v) is 5.73. The Morgan fingerprint density at radius 1 is 1.00 bits per heavy atom. The van der Waals surface area contributed by atoms with E-state index in [1.54, 1.807) is 17.2 Å². The highest BCUT2D eigenvalue weighted by Gasteiger charge is 2.32. The van der Waals surface area contributed by atoms with Gasteiger partial charge in [-0.25, -0.2) is 0 Å². The summed E-state index contributed by atoms with van der Waals surface area (Å²) >= 11 is 0. The molecule has 0 unspecified atom stereocenters. The lowest BCUT2D eigenvalue weighted by Crippen LogP contribution is -2.33. The molecule has 2 fully saturated rings. The number of fused-ring (bicyclic) bond motifs is 1. The SMILES string of the molecule is O=C(c1cc(C2CC2)on1)N1CCCn2ncc(C(=O)N3CCCC3)c2C1. The number of aromatic nitrogens is 3. The molecule has 1 saturated carbocycles. The predicted octanol–water partition coefficient (Wildman–Crippen LogP) is 2.03. The van der Waals surface area contributed by atoms with Crippen molar-refractivity contribution in [1.82, 2.24) is 24.7 Å². The van der Waals surface area contributed by atoms with Gasteiger partial charge in [0.1, 0.15) is 5.76 Å². The molecule has 4 heterocycles. The van der Waals surface area contributed by atoms with Crippen molar-refractivity contribution in [3.05, 3.63) is 35.0 Å². The summed E-state index contributed by atoms with van der Waals surface area (Å²) in [6, 6.07) is 1.78. The minimum Gasteiger partial charge on any atom is -0.360 e. The van der Waals surface area contributed by atoms with E-state index in [1.807, 2.05) is 9.58 Å². The molecule has 8 nitrogen and oxygen atoms in total. The van der Waals surface area contributed by atoms with Crippen molar-refractivity contribution in [2.24, 2.45) is 0 Å². The van der Waals surface area contributed by atoms with Crippen LogP contribution in [0.15, 0.2) is 16.8 Å². The van der Waals surface area contributed by atoms with E-state index in [1.165, 1.54) is 0 Å². The van der Waals surface area contributed by atoms with Gasteiger partial charge in [-0.2, -0.15) is 5.10 Å². The molecule has 3 aliphatic rings. The van der Waals surface area contributed by atoms with Crippen LogP contribution < -0.4 is 0 Å². The number of hydrogen-bond acceptors (Lipinski definition) is 5. The number of amides is 2. The molecule has 2 aromatic heterocycles. The van der Waals surface area contributed by atoms with Crippen molar-refractivity contribution in [3.8, 4) is 0 Å². The van der Waals surface area contributed by atoms with Crippen LogP contribution in [0.5, 0.6) is 0 Å². The number of carbonyl (C=O) groups excluding carboxylic acids is 2. The first-order chi connectivity index (χ1) is 13.2. The van der Waals surface area contributed by atoms with Gasteiger partial charge in [-0.05, 0) is 32.1 Å². The average molecular weight is 369 g/mol. The smallest absolute Gasteiger partial charge is 0.276 e. The van der Waals surface area contributed by atoms with E-state index in [0.29, 0.717) is 36.8 Å². The van der Waals surface area contributed by atoms with Gasteiger partial charge < -0.3 is 14.3 Å². The van der Waals surface area contributed by atoms with Gasteiger partial charge in [0.05, 0.1) is 24.0 Å². The molecule has 0 bridgehead atoms. The van der Waals surface area contributed by atoms with Crippen LogP contribution in [0.4, 0.5) is 0 Å². The molecule has 8 heteroatoms. The second-order valence-corrected chi connectivity index (χ2v) is 7.70. The minimum atomic E-state index is -0.139.